The summed E-state index contributed by atoms with van der Waals surface area (Å²) in [4.78, 5) is 30.7. The van der Waals surface area contributed by atoms with E-state index in [9.17, 15) is 14.7 Å². The second-order valence-electron chi connectivity index (χ2n) is 8.00. The summed E-state index contributed by atoms with van der Waals surface area (Å²) < 4.78 is 0. The van der Waals surface area contributed by atoms with Gasteiger partial charge in [-0.3, -0.25) is 4.79 Å². The van der Waals surface area contributed by atoms with Crippen LogP contribution in [0.3, 0.4) is 0 Å². The normalized spacial score (nSPS) is 22.3. The molecule has 1 amide bonds. The molecule has 0 saturated carbocycles. The molecule has 1 aromatic carbocycles. The highest BCUT2D eigenvalue weighted by Crippen LogP contribution is 2.25. The van der Waals surface area contributed by atoms with Gasteiger partial charge >= 0.3 is 5.97 Å². The van der Waals surface area contributed by atoms with E-state index >= 15 is 0 Å². The van der Waals surface area contributed by atoms with E-state index in [1.165, 1.54) is 0 Å². The average molecular weight is 373 g/mol. The van der Waals surface area contributed by atoms with Gasteiger partial charge in [0.15, 0.2) is 0 Å². The molecule has 0 bridgehead atoms. The topological polar surface area (TPSA) is 64.1 Å². The molecular formula is C21H31N3O3. The van der Waals surface area contributed by atoms with Crippen LogP contribution in [0.1, 0.15) is 33.1 Å². The number of carboxylic acid groups (broad SMARTS) is 1. The zero-order valence-corrected chi connectivity index (χ0v) is 16.4. The number of carbonyl (C=O) groups is 2. The Morgan fingerprint density at radius 2 is 1.74 bits per heavy atom. The lowest BCUT2D eigenvalue weighted by Gasteiger charge is -2.41. The Labute approximate surface area is 161 Å². The first-order chi connectivity index (χ1) is 13.0. The molecule has 2 fully saturated rings. The third kappa shape index (κ3) is 4.80. The van der Waals surface area contributed by atoms with Crippen molar-refractivity contribution in [2.24, 2.45) is 5.92 Å². The number of benzene rings is 1. The molecule has 27 heavy (non-hydrogen) atoms. The lowest BCUT2D eigenvalue weighted by Crippen LogP contribution is -2.58. The molecule has 3 rings (SSSR count). The minimum atomic E-state index is -0.874. The summed E-state index contributed by atoms with van der Waals surface area (Å²) in [6.45, 7) is 7.92. The van der Waals surface area contributed by atoms with Crippen molar-refractivity contribution in [2.75, 3.05) is 37.6 Å². The molecule has 2 aliphatic rings. The molecule has 1 N–H and O–H groups in total. The number of piperazine rings is 1. The van der Waals surface area contributed by atoms with E-state index in [-0.39, 0.29) is 12.5 Å². The Kier molecular flexibility index (Phi) is 6.37. The van der Waals surface area contributed by atoms with Crippen LogP contribution in [0.4, 0.5) is 5.69 Å². The number of likely N-dealkylation sites (tertiary alicyclic amines) is 1. The standard InChI is InChI=1S/C21H31N3O3/c1-16(2)22-10-8-17(9-11-22)14-20(25)23-12-13-24(19(15-23)21(26)27)18-6-4-3-5-7-18/h3-7,16-17,19H,8-15H2,1-2H3,(H,26,27). The quantitative estimate of drug-likeness (QED) is 0.858. The maximum Gasteiger partial charge on any atom is 0.328 e. The van der Waals surface area contributed by atoms with Crippen LogP contribution in [0, 0.1) is 5.92 Å². The molecule has 6 nitrogen and oxygen atoms in total. The first kappa shape index (κ1) is 19.7. The SMILES string of the molecule is CC(C)N1CCC(CC(=O)N2CCN(c3ccccc3)C(C(=O)O)C2)CC1. The van der Waals surface area contributed by atoms with Crippen molar-refractivity contribution in [3.8, 4) is 0 Å². The monoisotopic (exact) mass is 373 g/mol. The van der Waals surface area contributed by atoms with Gasteiger partial charge in [-0.25, -0.2) is 4.79 Å². The fraction of sp³-hybridized carbons (Fsp3) is 0.619. The molecule has 0 spiro atoms. The van der Waals surface area contributed by atoms with Crippen molar-refractivity contribution >= 4 is 17.6 Å². The largest absolute Gasteiger partial charge is 0.480 e. The van der Waals surface area contributed by atoms with Crippen LogP contribution >= 0.6 is 0 Å². The summed E-state index contributed by atoms with van der Waals surface area (Å²) in [5, 5.41) is 9.69. The van der Waals surface area contributed by atoms with Gasteiger partial charge in [0.2, 0.25) is 5.91 Å². The zero-order chi connectivity index (χ0) is 19.4. The second kappa shape index (κ2) is 8.74. The first-order valence-electron chi connectivity index (χ1n) is 10.0. The molecule has 0 aliphatic carbocycles. The van der Waals surface area contributed by atoms with Crippen molar-refractivity contribution in [1.29, 1.82) is 0 Å². The number of aliphatic carboxylic acids is 1. The van der Waals surface area contributed by atoms with Crippen molar-refractivity contribution in [2.45, 2.75) is 45.2 Å². The van der Waals surface area contributed by atoms with E-state index in [1.54, 1.807) is 4.90 Å². The van der Waals surface area contributed by atoms with Gasteiger partial charge in [0.1, 0.15) is 6.04 Å². The maximum absolute atomic E-state index is 12.8. The van der Waals surface area contributed by atoms with Gasteiger partial charge in [-0.1, -0.05) is 18.2 Å². The minimum Gasteiger partial charge on any atom is -0.480 e. The van der Waals surface area contributed by atoms with Gasteiger partial charge in [-0.15, -0.1) is 0 Å². The number of carboxylic acids is 1. The minimum absolute atomic E-state index is 0.108. The van der Waals surface area contributed by atoms with Crippen molar-refractivity contribution in [3.63, 3.8) is 0 Å². The molecular weight excluding hydrogens is 342 g/mol. The third-order valence-electron chi connectivity index (χ3n) is 5.95. The Morgan fingerprint density at radius 3 is 2.33 bits per heavy atom. The van der Waals surface area contributed by atoms with Crippen LogP contribution in [0.5, 0.6) is 0 Å². The number of anilines is 1. The summed E-state index contributed by atoms with van der Waals surface area (Å²) in [7, 11) is 0. The summed E-state index contributed by atoms with van der Waals surface area (Å²) in [6.07, 6.45) is 2.65. The Bertz CT molecular complexity index is 641. The van der Waals surface area contributed by atoms with Crippen molar-refractivity contribution in [3.05, 3.63) is 30.3 Å². The van der Waals surface area contributed by atoms with E-state index in [2.05, 4.69) is 18.7 Å². The van der Waals surface area contributed by atoms with Crippen LogP contribution < -0.4 is 4.90 Å². The van der Waals surface area contributed by atoms with Crippen LogP contribution in [-0.2, 0) is 9.59 Å². The lowest BCUT2D eigenvalue weighted by atomic mass is 9.92. The van der Waals surface area contributed by atoms with E-state index in [4.69, 9.17) is 0 Å². The van der Waals surface area contributed by atoms with Crippen molar-refractivity contribution < 1.29 is 14.7 Å². The van der Waals surface area contributed by atoms with Gasteiger partial charge in [-0.2, -0.15) is 0 Å². The molecule has 0 radical (unpaired) electrons. The summed E-state index contributed by atoms with van der Waals surface area (Å²) in [6, 6.07) is 9.47. The molecule has 2 heterocycles. The highest BCUT2D eigenvalue weighted by atomic mass is 16.4. The first-order valence-corrected chi connectivity index (χ1v) is 10.0. The zero-order valence-electron chi connectivity index (χ0n) is 16.4. The Morgan fingerprint density at radius 1 is 1.07 bits per heavy atom. The molecule has 2 aliphatic heterocycles. The molecule has 1 atom stereocenters. The number of carbonyl (C=O) groups excluding carboxylic acids is 1. The fourth-order valence-electron chi connectivity index (χ4n) is 4.20. The van der Waals surface area contributed by atoms with Crippen LogP contribution in [0.15, 0.2) is 30.3 Å². The predicted octanol–water partition coefficient (Wildman–Crippen LogP) is 2.30. The van der Waals surface area contributed by atoms with Gasteiger partial charge in [-0.05, 0) is 57.8 Å². The summed E-state index contributed by atoms with van der Waals surface area (Å²) in [5.41, 5.74) is 0.901. The third-order valence-corrected chi connectivity index (χ3v) is 5.95. The summed E-state index contributed by atoms with van der Waals surface area (Å²) >= 11 is 0. The fourth-order valence-corrected chi connectivity index (χ4v) is 4.20. The average Bonchev–Trinajstić information content (AvgIpc) is 2.68. The van der Waals surface area contributed by atoms with E-state index in [0.29, 0.717) is 31.5 Å². The Hall–Kier alpha value is -2.08. The highest BCUT2D eigenvalue weighted by molar-refractivity contribution is 5.82. The van der Waals surface area contributed by atoms with Crippen molar-refractivity contribution in [1.82, 2.24) is 9.80 Å². The number of nitrogens with zero attached hydrogens (tertiary/aromatic N) is 3. The number of hydrogen-bond acceptors (Lipinski definition) is 4. The van der Waals surface area contributed by atoms with E-state index in [1.807, 2.05) is 35.2 Å². The lowest BCUT2D eigenvalue weighted by molar-refractivity contribution is -0.141. The molecule has 2 saturated heterocycles. The number of amides is 1. The number of rotatable bonds is 5. The van der Waals surface area contributed by atoms with Crippen LogP contribution in [0.2, 0.25) is 0 Å². The molecule has 0 aromatic heterocycles. The highest BCUT2D eigenvalue weighted by Gasteiger charge is 2.35. The summed E-state index contributed by atoms with van der Waals surface area (Å²) in [5.74, 6) is -0.346. The Balaban J connectivity index is 1.57. The van der Waals surface area contributed by atoms with E-state index < -0.39 is 12.0 Å². The van der Waals surface area contributed by atoms with Gasteiger partial charge in [0, 0.05) is 31.2 Å². The van der Waals surface area contributed by atoms with Gasteiger partial charge < -0.3 is 19.8 Å². The second-order valence-corrected chi connectivity index (χ2v) is 8.00. The smallest absolute Gasteiger partial charge is 0.328 e. The van der Waals surface area contributed by atoms with Crippen LogP contribution in [-0.4, -0.2) is 71.6 Å². The van der Waals surface area contributed by atoms with Gasteiger partial charge in [0.25, 0.3) is 0 Å². The molecule has 1 aromatic rings. The number of hydrogen-bond donors (Lipinski definition) is 1. The van der Waals surface area contributed by atoms with E-state index in [0.717, 1.165) is 31.6 Å². The predicted molar refractivity (Wildman–Crippen MR) is 106 cm³/mol. The maximum atomic E-state index is 12.8. The molecule has 148 valence electrons. The number of piperidine rings is 1. The molecule has 1 unspecified atom stereocenters. The van der Waals surface area contributed by atoms with Crippen LogP contribution in [0.25, 0.3) is 0 Å². The van der Waals surface area contributed by atoms with Gasteiger partial charge in [0.05, 0.1) is 6.54 Å². The molecule has 6 heteroatoms. The number of para-hydroxylation sites is 1.